The van der Waals surface area contributed by atoms with Crippen molar-refractivity contribution < 1.29 is 14.3 Å². The van der Waals surface area contributed by atoms with Crippen LogP contribution in [0.5, 0.6) is 5.75 Å². The Kier molecular flexibility index (Phi) is 3.86. The van der Waals surface area contributed by atoms with Crippen LogP contribution in [0.25, 0.3) is 11.3 Å². The van der Waals surface area contributed by atoms with Crippen molar-refractivity contribution in [1.82, 2.24) is 4.98 Å². The quantitative estimate of drug-likeness (QED) is 0.795. The summed E-state index contributed by atoms with van der Waals surface area (Å²) in [5.74, 6) is 0.543. The number of nitrogens with zero attached hydrogens (tertiary/aromatic N) is 1. The second-order valence-electron chi connectivity index (χ2n) is 5.10. The molecule has 0 bridgehead atoms. The van der Waals surface area contributed by atoms with Gasteiger partial charge in [-0.3, -0.25) is 9.78 Å². The van der Waals surface area contributed by atoms with E-state index in [4.69, 9.17) is 9.47 Å². The smallest absolute Gasteiger partial charge is 0.309 e. The lowest BCUT2D eigenvalue weighted by Gasteiger charge is -2.11. The molecule has 0 saturated heterocycles. The lowest BCUT2D eigenvalue weighted by molar-refractivity contribution is -0.145. The first kappa shape index (κ1) is 13.6. The number of ether oxygens (including phenoxy) is 2. The molecule has 0 radical (unpaired) electrons. The number of rotatable bonds is 2. The molecule has 2 heterocycles. The van der Waals surface area contributed by atoms with Crippen molar-refractivity contribution in [2.24, 2.45) is 5.92 Å². The van der Waals surface area contributed by atoms with Gasteiger partial charge < -0.3 is 9.47 Å². The molecular formula is C17H17NO3. The molecule has 4 nitrogen and oxygen atoms in total. The summed E-state index contributed by atoms with van der Waals surface area (Å²) in [5, 5.41) is 0. The number of carbonyl (C=O) groups excluding carboxylic acids is 1. The Morgan fingerprint density at radius 2 is 2.24 bits per heavy atom. The number of carbonyl (C=O) groups is 1. The molecule has 0 spiro atoms. The Labute approximate surface area is 123 Å². The van der Waals surface area contributed by atoms with E-state index in [1.165, 1.54) is 7.11 Å². The van der Waals surface area contributed by atoms with Gasteiger partial charge in [-0.05, 0) is 36.6 Å². The standard InChI is InChI=1S/C17H17NO3/c1-20-17(19)14-7-9-21-16-11-12(5-6-13(16)10-14)15-4-2-3-8-18-15/h2-6,8,11,14H,7,9-10H2,1H3. The van der Waals surface area contributed by atoms with Crippen molar-refractivity contribution in [3.63, 3.8) is 0 Å². The van der Waals surface area contributed by atoms with E-state index in [0.717, 1.165) is 22.6 Å². The van der Waals surface area contributed by atoms with Crippen LogP contribution in [0.1, 0.15) is 12.0 Å². The van der Waals surface area contributed by atoms with Gasteiger partial charge in [-0.2, -0.15) is 0 Å². The Hall–Kier alpha value is -2.36. The van der Waals surface area contributed by atoms with Gasteiger partial charge in [-0.25, -0.2) is 0 Å². The molecule has 1 aromatic carbocycles. The minimum absolute atomic E-state index is 0.128. The van der Waals surface area contributed by atoms with E-state index in [1.807, 2.05) is 36.4 Å². The molecule has 1 aliphatic heterocycles. The van der Waals surface area contributed by atoms with Crippen molar-refractivity contribution >= 4 is 5.97 Å². The zero-order valence-corrected chi connectivity index (χ0v) is 11.9. The van der Waals surface area contributed by atoms with E-state index in [9.17, 15) is 4.79 Å². The molecule has 2 aromatic rings. The fraction of sp³-hybridized carbons (Fsp3) is 0.294. The zero-order chi connectivity index (χ0) is 14.7. The van der Waals surface area contributed by atoms with Crippen LogP contribution in [0.2, 0.25) is 0 Å². The normalized spacial score (nSPS) is 17.3. The topological polar surface area (TPSA) is 48.4 Å². The number of fused-ring (bicyclic) bond motifs is 1. The molecule has 1 aliphatic rings. The second kappa shape index (κ2) is 5.95. The average Bonchev–Trinajstić information content (AvgIpc) is 2.76. The first-order chi connectivity index (χ1) is 10.3. The highest BCUT2D eigenvalue weighted by Crippen LogP contribution is 2.31. The summed E-state index contributed by atoms with van der Waals surface area (Å²) in [7, 11) is 1.43. The van der Waals surface area contributed by atoms with Crippen molar-refractivity contribution in [2.75, 3.05) is 13.7 Å². The molecular weight excluding hydrogens is 266 g/mol. The number of methoxy groups -OCH3 is 1. The van der Waals surface area contributed by atoms with E-state index < -0.39 is 0 Å². The minimum atomic E-state index is -0.166. The van der Waals surface area contributed by atoms with Crippen LogP contribution in [-0.4, -0.2) is 24.7 Å². The van der Waals surface area contributed by atoms with E-state index in [-0.39, 0.29) is 11.9 Å². The van der Waals surface area contributed by atoms with Gasteiger partial charge in [0.1, 0.15) is 5.75 Å². The molecule has 0 amide bonds. The van der Waals surface area contributed by atoms with Crippen LogP contribution in [0.4, 0.5) is 0 Å². The first-order valence-corrected chi connectivity index (χ1v) is 7.03. The summed E-state index contributed by atoms with van der Waals surface area (Å²) in [6, 6.07) is 11.9. The maximum Gasteiger partial charge on any atom is 0.309 e. The Balaban J connectivity index is 1.90. The summed E-state index contributed by atoms with van der Waals surface area (Å²) >= 11 is 0. The fourth-order valence-corrected chi connectivity index (χ4v) is 2.60. The number of hydrogen-bond acceptors (Lipinski definition) is 4. The van der Waals surface area contributed by atoms with Crippen molar-refractivity contribution in [3.8, 4) is 17.0 Å². The van der Waals surface area contributed by atoms with Gasteiger partial charge in [0.2, 0.25) is 0 Å². The third kappa shape index (κ3) is 2.89. The average molecular weight is 283 g/mol. The largest absolute Gasteiger partial charge is 0.493 e. The third-order valence-corrected chi connectivity index (χ3v) is 3.75. The molecule has 1 atom stereocenters. The zero-order valence-electron chi connectivity index (χ0n) is 11.9. The van der Waals surface area contributed by atoms with Crippen LogP contribution in [0.3, 0.4) is 0 Å². The Bertz CT molecular complexity index is 640. The van der Waals surface area contributed by atoms with Crippen LogP contribution in [0, 0.1) is 5.92 Å². The van der Waals surface area contributed by atoms with Gasteiger partial charge in [-0.15, -0.1) is 0 Å². The highest BCUT2D eigenvalue weighted by Gasteiger charge is 2.24. The predicted molar refractivity (Wildman–Crippen MR) is 79.0 cm³/mol. The Morgan fingerprint density at radius 1 is 1.33 bits per heavy atom. The highest BCUT2D eigenvalue weighted by atomic mass is 16.5. The predicted octanol–water partition coefficient (Wildman–Crippen LogP) is 2.86. The van der Waals surface area contributed by atoms with Crippen molar-refractivity contribution in [1.29, 1.82) is 0 Å². The van der Waals surface area contributed by atoms with Crippen molar-refractivity contribution in [2.45, 2.75) is 12.8 Å². The van der Waals surface area contributed by atoms with Gasteiger partial charge in [-0.1, -0.05) is 18.2 Å². The molecule has 1 unspecified atom stereocenters. The van der Waals surface area contributed by atoms with Crippen LogP contribution < -0.4 is 4.74 Å². The van der Waals surface area contributed by atoms with Gasteiger partial charge >= 0.3 is 5.97 Å². The van der Waals surface area contributed by atoms with Crippen LogP contribution in [0.15, 0.2) is 42.6 Å². The fourth-order valence-electron chi connectivity index (χ4n) is 2.60. The number of aromatic nitrogens is 1. The molecule has 0 saturated carbocycles. The summed E-state index contributed by atoms with van der Waals surface area (Å²) < 4.78 is 10.6. The number of esters is 1. The second-order valence-corrected chi connectivity index (χ2v) is 5.10. The number of benzene rings is 1. The van der Waals surface area contributed by atoms with Gasteiger partial charge in [0.15, 0.2) is 0 Å². The van der Waals surface area contributed by atoms with Gasteiger partial charge in [0.05, 0.1) is 25.3 Å². The third-order valence-electron chi connectivity index (χ3n) is 3.75. The number of pyridine rings is 1. The summed E-state index contributed by atoms with van der Waals surface area (Å²) in [6.45, 7) is 0.526. The molecule has 3 rings (SSSR count). The highest BCUT2D eigenvalue weighted by molar-refractivity contribution is 5.73. The monoisotopic (exact) mass is 283 g/mol. The van der Waals surface area contributed by atoms with Gasteiger partial charge in [0.25, 0.3) is 0 Å². The number of hydrogen-bond donors (Lipinski definition) is 0. The molecule has 108 valence electrons. The van der Waals surface area contributed by atoms with E-state index in [0.29, 0.717) is 19.4 Å². The van der Waals surface area contributed by atoms with Crippen molar-refractivity contribution in [3.05, 3.63) is 48.2 Å². The molecule has 21 heavy (non-hydrogen) atoms. The summed E-state index contributed by atoms with van der Waals surface area (Å²) in [6.07, 6.45) is 3.11. The summed E-state index contributed by atoms with van der Waals surface area (Å²) in [5.41, 5.74) is 2.98. The SMILES string of the molecule is COC(=O)C1CCOc2cc(-c3ccccn3)ccc2C1. The lowest BCUT2D eigenvalue weighted by Crippen LogP contribution is -2.19. The summed E-state index contributed by atoms with van der Waals surface area (Å²) in [4.78, 5) is 16.1. The van der Waals surface area contributed by atoms with E-state index in [2.05, 4.69) is 4.98 Å². The van der Waals surface area contributed by atoms with Gasteiger partial charge in [0, 0.05) is 11.8 Å². The lowest BCUT2D eigenvalue weighted by atomic mass is 9.96. The Morgan fingerprint density at radius 3 is 3.00 bits per heavy atom. The van der Waals surface area contributed by atoms with E-state index in [1.54, 1.807) is 6.20 Å². The van der Waals surface area contributed by atoms with Crippen LogP contribution >= 0.6 is 0 Å². The molecule has 0 aliphatic carbocycles. The molecule has 0 N–H and O–H groups in total. The molecule has 1 aromatic heterocycles. The molecule has 0 fully saturated rings. The first-order valence-electron chi connectivity index (χ1n) is 7.03. The van der Waals surface area contributed by atoms with E-state index >= 15 is 0 Å². The van der Waals surface area contributed by atoms with Crippen LogP contribution in [-0.2, 0) is 16.0 Å². The maximum absolute atomic E-state index is 11.7. The maximum atomic E-state index is 11.7. The molecule has 4 heteroatoms. The minimum Gasteiger partial charge on any atom is -0.493 e.